The van der Waals surface area contributed by atoms with E-state index in [1.165, 1.54) is 36.5 Å². The van der Waals surface area contributed by atoms with Gasteiger partial charge in [-0.2, -0.15) is 0 Å². The summed E-state index contributed by atoms with van der Waals surface area (Å²) in [5.41, 5.74) is 0.295. The van der Waals surface area contributed by atoms with E-state index in [9.17, 15) is 13.2 Å². The summed E-state index contributed by atoms with van der Waals surface area (Å²) in [7, 11) is -2.12. The molecule has 0 aromatic heterocycles. The van der Waals surface area contributed by atoms with Crippen molar-refractivity contribution in [1.82, 2.24) is 4.31 Å². The van der Waals surface area contributed by atoms with Gasteiger partial charge in [-0.05, 0) is 31.0 Å². The van der Waals surface area contributed by atoms with Crippen molar-refractivity contribution >= 4 is 16.0 Å². The predicted octanol–water partition coefficient (Wildman–Crippen LogP) is 2.11. The third-order valence-electron chi connectivity index (χ3n) is 3.03. The number of rotatable bonds is 6. The van der Waals surface area contributed by atoms with Crippen molar-refractivity contribution in [2.24, 2.45) is 0 Å². The van der Waals surface area contributed by atoms with Gasteiger partial charge in [-0.25, -0.2) is 17.5 Å². The molecule has 5 nitrogen and oxygen atoms in total. The van der Waals surface area contributed by atoms with Gasteiger partial charge in [-0.3, -0.25) is 0 Å². The molecule has 0 atom stereocenters. The summed E-state index contributed by atoms with van der Waals surface area (Å²) in [6.07, 6.45) is 1.67. The average molecular weight is 285 g/mol. The Balaban J connectivity index is 3.22. The van der Waals surface area contributed by atoms with Crippen molar-refractivity contribution in [3.05, 3.63) is 29.3 Å². The summed E-state index contributed by atoms with van der Waals surface area (Å²) in [5.74, 6) is -1.12. The maximum atomic E-state index is 12.4. The minimum Gasteiger partial charge on any atom is -0.478 e. The minimum absolute atomic E-state index is 0.0185. The van der Waals surface area contributed by atoms with Crippen LogP contribution in [-0.2, 0) is 10.0 Å². The molecule has 1 aromatic carbocycles. The lowest BCUT2D eigenvalue weighted by Crippen LogP contribution is -2.28. The van der Waals surface area contributed by atoms with E-state index in [4.69, 9.17) is 5.11 Å². The first-order valence-corrected chi connectivity index (χ1v) is 7.55. The van der Waals surface area contributed by atoms with Crippen LogP contribution in [0.25, 0.3) is 0 Å². The number of unbranched alkanes of at least 4 members (excludes halogenated alkanes) is 1. The molecule has 0 radical (unpaired) electrons. The Morgan fingerprint density at radius 2 is 2.00 bits per heavy atom. The molecule has 1 N–H and O–H groups in total. The van der Waals surface area contributed by atoms with Crippen molar-refractivity contribution in [1.29, 1.82) is 0 Å². The van der Waals surface area contributed by atoms with E-state index in [-0.39, 0.29) is 16.0 Å². The topological polar surface area (TPSA) is 74.7 Å². The summed E-state index contributed by atoms with van der Waals surface area (Å²) >= 11 is 0. The second-order valence-corrected chi connectivity index (χ2v) is 6.43. The number of hydrogen-bond donors (Lipinski definition) is 1. The van der Waals surface area contributed by atoms with Gasteiger partial charge in [-0.1, -0.05) is 19.4 Å². The molecule has 0 aliphatic heterocycles. The van der Waals surface area contributed by atoms with Gasteiger partial charge in [-0.15, -0.1) is 0 Å². The van der Waals surface area contributed by atoms with Gasteiger partial charge in [0.05, 0.1) is 10.5 Å². The van der Waals surface area contributed by atoms with Crippen LogP contribution >= 0.6 is 0 Å². The highest BCUT2D eigenvalue weighted by atomic mass is 32.2. The second-order valence-electron chi connectivity index (χ2n) is 4.41. The lowest BCUT2D eigenvalue weighted by Gasteiger charge is -2.18. The van der Waals surface area contributed by atoms with Gasteiger partial charge in [0.15, 0.2) is 0 Å². The molecular formula is C13H19NO4S. The smallest absolute Gasteiger partial charge is 0.335 e. The molecule has 0 heterocycles. The van der Waals surface area contributed by atoms with Crippen LogP contribution in [0.15, 0.2) is 23.1 Å². The maximum Gasteiger partial charge on any atom is 0.335 e. The van der Waals surface area contributed by atoms with Crippen molar-refractivity contribution in [2.45, 2.75) is 31.6 Å². The zero-order valence-electron chi connectivity index (χ0n) is 11.4. The van der Waals surface area contributed by atoms with Gasteiger partial charge in [0.25, 0.3) is 0 Å². The number of hydrogen-bond acceptors (Lipinski definition) is 3. The molecule has 1 rings (SSSR count). The SMILES string of the molecule is CCCCN(C)S(=O)(=O)c1cccc(C(=O)O)c1C. The Labute approximate surface area is 113 Å². The zero-order chi connectivity index (χ0) is 14.6. The Kier molecular flexibility index (Phi) is 5.08. The molecule has 0 saturated heterocycles. The third-order valence-corrected chi connectivity index (χ3v) is 5.03. The highest BCUT2D eigenvalue weighted by molar-refractivity contribution is 7.89. The Morgan fingerprint density at radius 1 is 1.37 bits per heavy atom. The minimum atomic E-state index is -3.63. The molecule has 0 aliphatic carbocycles. The first kappa shape index (κ1) is 15.7. The summed E-state index contributed by atoms with van der Waals surface area (Å²) in [6, 6.07) is 4.30. The average Bonchev–Trinajstić information content (AvgIpc) is 2.35. The molecular weight excluding hydrogens is 266 g/mol. The molecule has 0 aliphatic rings. The molecule has 0 unspecified atom stereocenters. The molecule has 0 spiro atoms. The quantitative estimate of drug-likeness (QED) is 0.868. The first-order valence-electron chi connectivity index (χ1n) is 6.11. The van der Waals surface area contributed by atoms with Gasteiger partial charge in [0, 0.05) is 13.6 Å². The molecule has 19 heavy (non-hydrogen) atoms. The highest BCUT2D eigenvalue weighted by Crippen LogP contribution is 2.22. The third kappa shape index (κ3) is 3.33. The summed E-state index contributed by atoms with van der Waals surface area (Å²) in [4.78, 5) is 11.1. The normalized spacial score (nSPS) is 11.8. The van der Waals surface area contributed by atoms with E-state index < -0.39 is 16.0 Å². The maximum absolute atomic E-state index is 12.4. The van der Waals surface area contributed by atoms with Crippen molar-refractivity contribution < 1.29 is 18.3 Å². The van der Waals surface area contributed by atoms with Crippen LogP contribution in [0, 0.1) is 6.92 Å². The van der Waals surface area contributed by atoms with Crippen LogP contribution in [0.5, 0.6) is 0 Å². The van der Waals surface area contributed by atoms with E-state index in [1.54, 1.807) is 0 Å². The second kappa shape index (κ2) is 6.16. The number of carboxylic acid groups (broad SMARTS) is 1. The van der Waals surface area contributed by atoms with Crippen molar-refractivity contribution in [3.8, 4) is 0 Å². The number of carboxylic acids is 1. The Morgan fingerprint density at radius 3 is 2.53 bits per heavy atom. The van der Waals surface area contributed by atoms with E-state index in [1.807, 2.05) is 6.92 Å². The number of nitrogens with zero attached hydrogens (tertiary/aromatic N) is 1. The number of aromatic carboxylic acids is 1. The van der Waals surface area contributed by atoms with Crippen LogP contribution in [0.3, 0.4) is 0 Å². The van der Waals surface area contributed by atoms with E-state index >= 15 is 0 Å². The summed E-state index contributed by atoms with van der Waals surface area (Å²) in [5, 5.41) is 9.03. The van der Waals surface area contributed by atoms with Gasteiger partial charge in [0.2, 0.25) is 10.0 Å². The fourth-order valence-electron chi connectivity index (χ4n) is 1.79. The van der Waals surface area contributed by atoms with Crippen LogP contribution in [-0.4, -0.2) is 37.4 Å². The van der Waals surface area contributed by atoms with Gasteiger partial charge >= 0.3 is 5.97 Å². The fraction of sp³-hybridized carbons (Fsp3) is 0.462. The van der Waals surface area contributed by atoms with Crippen molar-refractivity contribution in [2.75, 3.05) is 13.6 Å². The van der Waals surface area contributed by atoms with Crippen LogP contribution in [0.4, 0.5) is 0 Å². The Bertz CT molecular complexity index is 566. The number of carbonyl (C=O) groups is 1. The lowest BCUT2D eigenvalue weighted by atomic mass is 10.1. The van der Waals surface area contributed by atoms with E-state index in [0.717, 1.165) is 12.8 Å². The van der Waals surface area contributed by atoms with E-state index in [0.29, 0.717) is 6.54 Å². The van der Waals surface area contributed by atoms with Gasteiger partial charge in [0.1, 0.15) is 0 Å². The molecule has 1 aromatic rings. The molecule has 0 fully saturated rings. The van der Waals surface area contributed by atoms with Gasteiger partial charge < -0.3 is 5.11 Å². The fourth-order valence-corrected chi connectivity index (χ4v) is 3.25. The number of benzene rings is 1. The summed E-state index contributed by atoms with van der Waals surface area (Å²) < 4.78 is 26.0. The lowest BCUT2D eigenvalue weighted by molar-refractivity contribution is 0.0696. The largest absolute Gasteiger partial charge is 0.478 e. The first-order chi connectivity index (χ1) is 8.82. The molecule has 106 valence electrons. The van der Waals surface area contributed by atoms with Crippen molar-refractivity contribution in [3.63, 3.8) is 0 Å². The predicted molar refractivity (Wildman–Crippen MR) is 72.9 cm³/mol. The molecule has 6 heteroatoms. The molecule has 0 bridgehead atoms. The van der Waals surface area contributed by atoms with Crippen LogP contribution < -0.4 is 0 Å². The van der Waals surface area contributed by atoms with Crippen LogP contribution in [0.1, 0.15) is 35.7 Å². The molecule has 0 amide bonds. The highest BCUT2D eigenvalue weighted by Gasteiger charge is 2.24. The summed E-state index contributed by atoms with van der Waals surface area (Å²) in [6.45, 7) is 3.93. The monoisotopic (exact) mass is 285 g/mol. The standard InChI is InChI=1S/C13H19NO4S/c1-4-5-9-14(3)19(17,18)12-8-6-7-11(10(12)2)13(15)16/h6-8H,4-5,9H2,1-3H3,(H,15,16). The Hall–Kier alpha value is -1.40. The molecule has 0 saturated carbocycles. The van der Waals surface area contributed by atoms with E-state index in [2.05, 4.69) is 0 Å². The zero-order valence-corrected chi connectivity index (χ0v) is 12.2. The van der Waals surface area contributed by atoms with Crippen LogP contribution in [0.2, 0.25) is 0 Å². The number of sulfonamides is 1.